The quantitative estimate of drug-likeness (QED) is 0.629. The van der Waals surface area contributed by atoms with E-state index in [2.05, 4.69) is 15.9 Å². The smallest absolute Gasteiger partial charge is 0.283 e. The summed E-state index contributed by atoms with van der Waals surface area (Å²) < 4.78 is 6.15. The van der Waals surface area contributed by atoms with Crippen LogP contribution in [0.15, 0.2) is 22.7 Å². The highest BCUT2D eigenvalue weighted by Gasteiger charge is 2.20. The lowest BCUT2D eigenvalue weighted by atomic mass is 9.96. The third-order valence-electron chi connectivity index (χ3n) is 2.78. The molecule has 0 bridgehead atoms. The molecule has 0 saturated heterocycles. The first-order chi connectivity index (χ1) is 7.68. The molecular weight excluding hydrogens is 274 g/mol. The molecule has 0 unspecified atom stereocenters. The number of hydrogen-bond acceptors (Lipinski definition) is 3. The van der Waals surface area contributed by atoms with Gasteiger partial charge < -0.3 is 4.74 Å². The van der Waals surface area contributed by atoms with E-state index in [1.807, 2.05) is 6.07 Å². The molecule has 1 aromatic rings. The number of nitro groups is 1. The monoisotopic (exact) mass is 285 g/mol. The molecule has 0 spiro atoms. The van der Waals surface area contributed by atoms with Gasteiger partial charge in [-0.2, -0.15) is 0 Å². The third kappa shape index (κ3) is 2.41. The van der Waals surface area contributed by atoms with Gasteiger partial charge in [0.2, 0.25) is 0 Å². The Balaban J connectivity index is 2.07. The van der Waals surface area contributed by atoms with Crippen LogP contribution in [0.5, 0.6) is 0 Å². The maximum atomic E-state index is 10.7. The van der Waals surface area contributed by atoms with Crippen molar-refractivity contribution in [2.45, 2.75) is 32.0 Å². The lowest BCUT2D eigenvalue weighted by molar-refractivity contribution is -0.385. The highest BCUT2D eigenvalue weighted by molar-refractivity contribution is 9.10. The van der Waals surface area contributed by atoms with Gasteiger partial charge in [-0.3, -0.25) is 10.1 Å². The molecule has 1 aliphatic carbocycles. The average molecular weight is 286 g/mol. The van der Waals surface area contributed by atoms with Gasteiger partial charge in [0.05, 0.1) is 17.6 Å². The molecule has 16 heavy (non-hydrogen) atoms. The number of hydrogen-bond donors (Lipinski definition) is 0. The van der Waals surface area contributed by atoms with Gasteiger partial charge in [0, 0.05) is 6.07 Å². The summed E-state index contributed by atoms with van der Waals surface area (Å²) in [4.78, 5) is 10.3. The molecule has 1 aromatic carbocycles. The number of nitrogens with zero attached hydrogens (tertiary/aromatic N) is 1. The molecule has 2 rings (SSSR count). The fourth-order valence-electron chi connectivity index (χ4n) is 1.56. The van der Waals surface area contributed by atoms with Crippen LogP contribution in [0.2, 0.25) is 0 Å². The zero-order valence-corrected chi connectivity index (χ0v) is 10.3. The second-order valence-electron chi connectivity index (χ2n) is 3.87. The van der Waals surface area contributed by atoms with Crippen LogP contribution in [-0.4, -0.2) is 11.0 Å². The fourth-order valence-corrected chi connectivity index (χ4v) is 2.09. The summed E-state index contributed by atoms with van der Waals surface area (Å²) in [5, 5.41) is 10.7. The summed E-state index contributed by atoms with van der Waals surface area (Å²) in [5.41, 5.74) is 0.927. The minimum absolute atomic E-state index is 0.0923. The highest BCUT2D eigenvalue weighted by Crippen LogP contribution is 2.30. The Hall–Kier alpha value is -0.940. The van der Waals surface area contributed by atoms with Crippen molar-refractivity contribution < 1.29 is 9.66 Å². The fraction of sp³-hybridized carbons (Fsp3) is 0.455. The van der Waals surface area contributed by atoms with Crippen LogP contribution < -0.4 is 0 Å². The van der Waals surface area contributed by atoms with Gasteiger partial charge in [0.1, 0.15) is 4.47 Å². The van der Waals surface area contributed by atoms with E-state index in [0.717, 1.165) is 18.4 Å². The second-order valence-corrected chi connectivity index (χ2v) is 4.66. The Morgan fingerprint density at radius 2 is 2.25 bits per heavy atom. The molecule has 0 radical (unpaired) electrons. The van der Waals surface area contributed by atoms with Gasteiger partial charge in [-0.1, -0.05) is 12.1 Å². The number of benzene rings is 1. The Kier molecular flexibility index (Phi) is 3.56. The van der Waals surface area contributed by atoms with Gasteiger partial charge in [-0.25, -0.2) is 0 Å². The van der Waals surface area contributed by atoms with Gasteiger partial charge in [-0.05, 0) is 40.8 Å². The number of ether oxygens (including phenoxy) is 1. The topological polar surface area (TPSA) is 52.4 Å². The van der Waals surface area contributed by atoms with Crippen molar-refractivity contribution in [3.63, 3.8) is 0 Å². The van der Waals surface area contributed by atoms with Gasteiger partial charge in [0.15, 0.2) is 0 Å². The Labute approximate surface area is 102 Å². The minimum Gasteiger partial charge on any atom is -0.373 e. The van der Waals surface area contributed by atoms with Crippen molar-refractivity contribution in [3.05, 3.63) is 38.3 Å². The van der Waals surface area contributed by atoms with E-state index in [4.69, 9.17) is 4.74 Å². The number of rotatable bonds is 4. The molecule has 1 fully saturated rings. The average Bonchev–Trinajstić information content (AvgIpc) is 2.17. The number of nitro benzene ring substituents is 1. The van der Waals surface area contributed by atoms with E-state index >= 15 is 0 Å². The molecule has 0 atom stereocenters. The molecule has 0 N–H and O–H groups in total. The van der Waals surface area contributed by atoms with E-state index in [9.17, 15) is 10.1 Å². The molecule has 1 saturated carbocycles. The van der Waals surface area contributed by atoms with Crippen molar-refractivity contribution in [2.24, 2.45) is 0 Å². The summed E-state index contributed by atoms with van der Waals surface area (Å²) in [7, 11) is 0. The standard InChI is InChI=1S/C11H12BrNO3/c12-11-8(7-16-9-4-2-5-9)3-1-6-10(11)13(14)15/h1,3,6,9H,2,4-5,7H2. The first-order valence-corrected chi connectivity index (χ1v) is 6.01. The molecule has 0 aliphatic heterocycles. The molecule has 86 valence electrons. The zero-order valence-electron chi connectivity index (χ0n) is 8.69. The van der Waals surface area contributed by atoms with Crippen molar-refractivity contribution in [1.29, 1.82) is 0 Å². The summed E-state index contributed by atoms with van der Waals surface area (Å²) in [6.07, 6.45) is 3.77. The van der Waals surface area contributed by atoms with E-state index in [-0.39, 0.29) is 5.69 Å². The Morgan fingerprint density at radius 3 is 2.81 bits per heavy atom. The van der Waals surface area contributed by atoms with Crippen molar-refractivity contribution in [2.75, 3.05) is 0 Å². The second kappa shape index (κ2) is 4.93. The van der Waals surface area contributed by atoms with Crippen LogP contribution in [-0.2, 0) is 11.3 Å². The molecule has 0 amide bonds. The molecular formula is C11H12BrNO3. The number of halogens is 1. The predicted octanol–water partition coefficient (Wildman–Crippen LogP) is 3.43. The van der Waals surface area contributed by atoms with Crippen LogP contribution in [0.1, 0.15) is 24.8 Å². The largest absolute Gasteiger partial charge is 0.373 e. The molecule has 5 heteroatoms. The molecule has 1 aliphatic rings. The lowest BCUT2D eigenvalue weighted by Crippen LogP contribution is -2.21. The van der Waals surface area contributed by atoms with E-state index in [1.54, 1.807) is 6.07 Å². The third-order valence-corrected chi connectivity index (χ3v) is 3.70. The first-order valence-electron chi connectivity index (χ1n) is 5.22. The summed E-state index contributed by atoms with van der Waals surface area (Å²) in [6.45, 7) is 0.437. The molecule has 4 nitrogen and oxygen atoms in total. The maximum Gasteiger partial charge on any atom is 0.283 e. The van der Waals surface area contributed by atoms with E-state index in [0.29, 0.717) is 17.2 Å². The summed E-state index contributed by atoms with van der Waals surface area (Å²) in [5.74, 6) is 0. The van der Waals surface area contributed by atoms with Crippen LogP contribution in [0.3, 0.4) is 0 Å². The van der Waals surface area contributed by atoms with E-state index < -0.39 is 4.92 Å². The first kappa shape index (κ1) is 11.5. The van der Waals surface area contributed by atoms with Crippen LogP contribution in [0.4, 0.5) is 5.69 Å². The molecule has 0 aromatic heterocycles. The van der Waals surface area contributed by atoms with Crippen molar-refractivity contribution >= 4 is 21.6 Å². The summed E-state index contributed by atoms with van der Waals surface area (Å²) in [6, 6.07) is 5.01. The Bertz CT molecular complexity index is 404. The van der Waals surface area contributed by atoms with Gasteiger partial charge >= 0.3 is 0 Å². The van der Waals surface area contributed by atoms with Gasteiger partial charge in [-0.15, -0.1) is 0 Å². The minimum atomic E-state index is -0.392. The zero-order chi connectivity index (χ0) is 11.5. The van der Waals surface area contributed by atoms with Crippen LogP contribution in [0, 0.1) is 10.1 Å². The maximum absolute atomic E-state index is 10.7. The Morgan fingerprint density at radius 1 is 1.50 bits per heavy atom. The van der Waals surface area contributed by atoms with Crippen molar-refractivity contribution in [1.82, 2.24) is 0 Å². The lowest BCUT2D eigenvalue weighted by Gasteiger charge is -2.25. The highest BCUT2D eigenvalue weighted by atomic mass is 79.9. The summed E-state index contributed by atoms with van der Waals surface area (Å²) >= 11 is 3.25. The van der Waals surface area contributed by atoms with Crippen molar-refractivity contribution in [3.8, 4) is 0 Å². The van der Waals surface area contributed by atoms with E-state index in [1.165, 1.54) is 12.5 Å². The van der Waals surface area contributed by atoms with Gasteiger partial charge in [0.25, 0.3) is 5.69 Å². The van der Waals surface area contributed by atoms with Crippen LogP contribution in [0.25, 0.3) is 0 Å². The molecule has 0 heterocycles. The van der Waals surface area contributed by atoms with Crippen LogP contribution >= 0.6 is 15.9 Å². The predicted molar refractivity (Wildman–Crippen MR) is 63.2 cm³/mol. The SMILES string of the molecule is O=[N+]([O-])c1cccc(COC2CCC2)c1Br. The normalized spacial score (nSPS) is 15.8.